The van der Waals surface area contributed by atoms with Gasteiger partial charge < -0.3 is 9.84 Å². The van der Waals surface area contributed by atoms with E-state index in [9.17, 15) is 14.7 Å². The molecule has 2 atom stereocenters. The van der Waals surface area contributed by atoms with Crippen LogP contribution in [0.2, 0.25) is 0 Å². The molecule has 0 aliphatic heterocycles. The number of hydrogen-bond acceptors (Lipinski definition) is 3. The largest absolute Gasteiger partial charge is 0.481 e. The van der Waals surface area contributed by atoms with Crippen molar-refractivity contribution in [3.8, 4) is 0 Å². The molecule has 3 rings (SSSR count). The Bertz CT molecular complexity index is 1050. The average molecular weight is 433 g/mol. The highest BCUT2D eigenvalue weighted by atomic mass is 16.6. The summed E-state index contributed by atoms with van der Waals surface area (Å²) in [7, 11) is 0. The summed E-state index contributed by atoms with van der Waals surface area (Å²) in [6.45, 7) is 5.43. The molecular formula is C28H32O4. The van der Waals surface area contributed by atoms with E-state index in [1.165, 1.54) is 5.56 Å². The van der Waals surface area contributed by atoms with Crippen molar-refractivity contribution in [3.05, 3.63) is 83.9 Å². The molecule has 0 aliphatic carbocycles. The zero-order chi connectivity index (χ0) is 23.1. The van der Waals surface area contributed by atoms with Gasteiger partial charge >= 0.3 is 11.9 Å². The van der Waals surface area contributed by atoms with Crippen molar-refractivity contribution < 1.29 is 19.4 Å². The fourth-order valence-electron chi connectivity index (χ4n) is 4.05. The second-order valence-corrected chi connectivity index (χ2v) is 9.35. The number of benzene rings is 3. The van der Waals surface area contributed by atoms with Gasteiger partial charge in [-0.25, -0.2) is 0 Å². The van der Waals surface area contributed by atoms with Gasteiger partial charge in [-0.2, -0.15) is 0 Å². The Morgan fingerprint density at radius 1 is 0.844 bits per heavy atom. The van der Waals surface area contributed by atoms with Gasteiger partial charge in [-0.1, -0.05) is 72.8 Å². The van der Waals surface area contributed by atoms with E-state index < -0.39 is 29.4 Å². The molecule has 0 bridgehead atoms. The Balaban J connectivity index is 1.81. The lowest BCUT2D eigenvalue weighted by Gasteiger charge is -2.27. The topological polar surface area (TPSA) is 63.6 Å². The van der Waals surface area contributed by atoms with Crippen LogP contribution in [0.25, 0.3) is 10.8 Å². The molecule has 0 saturated heterocycles. The first kappa shape index (κ1) is 23.5. The molecule has 0 heterocycles. The number of fused-ring (bicyclic) bond motifs is 1. The van der Waals surface area contributed by atoms with Crippen LogP contribution in [0.3, 0.4) is 0 Å². The Kier molecular flexibility index (Phi) is 7.68. The number of rotatable bonds is 9. The lowest BCUT2D eigenvalue weighted by Crippen LogP contribution is -2.36. The number of hydrogen-bond donors (Lipinski definition) is 1. The first-order chi connectivity index (χ1) is 15.2. The van der Waals surface area contributed by atoms with Crippen LogP contribution in [-0.2, 0) is 27.2 Å². The molecule has 1 N–H and O–H groups in total. The first-order valence-electron chi connectivity index (χ1n) is 11.2. The standard InChI is InChI=1S/C28H32O4/c1-28(2,3)32-27(31)24(15-9-12-20-10-5-4-6-11-20)25(26(29)30)19-21-16-17-22-13-7-8-14-23(22)18-21/h4-8,10-11,13-14,16-18,24-25H,9,12,15,19H2,1-3H3,(H,29,30)/t24?,25-/m1/s1. The summed E-state index contributed by atoms with van der Waals surface area (Å²) < 4.78 is 5.64. The van der Waals surface area contributed by atoms with Gasteiger partial charge in [-0.3, -0.25) is 9.59 Å². The maximum atomic E-state index is 13.1. The molecule has 0 spiro atoms. The van der Waals surface area contributed by atoms with Gasteiger partial charge in [0.2, 0.25) is 0 Å². The second-order valence-electron chi connectivity index (χ2n) is 9.35. The van der Waals surface area contributed by atoms with Crippen molar-refractivity contribution in [3.63, 3.8) is 0 Å². The van der Waals surface area contributed by atoms with Crippen molar-refractivity contribution >= 4 is 22.7 Å². The molecule has 0 amide bonds. The summed E-state index contributed by atoms with van der Waals surface area (Å²) in [6, 6.07) is 24.0. The van der Waals surface area contributed by atoms with Crippen molar-refractivity contribution in [2.24, 2.45) is 11.8 Å². The van der Waals surface area contributed by atoms with Crippen molar-refractivity contribution in [2.45, 2.75) is 52.1 Å². The fraction of sp³-hybridized carbons (Fsp3) is 0.357. The maximum absolute atomic E-state index is 13.1. The van der Waals surface area contributed by atoms with Gasteiger partial charge in [0.15, 0.2) is 0 Å². The molecule has 168 valence electrons. The Morgan fingerprint density at radius 2 is 1.50 bits per heavy atom. The van der Waals surface area contributed by atoms with E-state index in [0.29, 0.717) is 6.42 Å². The number of carboxylic acids is 1. The van der Waals surface area contributed by atoms with Crippen molar-refractivity contribution in [1.29, 1.82) is 0 Å². The predicted molar refractivity (Wildman–Crippen MR) is 127 cm³/mol. The molecule has 4 nitrogen and oxygen atoms in total. The number of carbonyl (C=O) groups is 2. The summed E-state index contributed by atoms with van der Waals surface area (Å²) in [6.07, 6.45) is 2.27. The highest BCUT2D eigenvalue weighted by molar-refractivity contribution is 5.84. The molecule has 0 aliphatic rings. The molecule has 0 saturated carbocycles. The van der Waals surface area contributed by atoms with E-state index in [1.807, 2.05) is 93.6 Å². The van der Waals surface area contributed by atoms with Crippen LogP contribution < -0.4 is 0 Å². The van der Waals surface area contributed by atoms with Crippen molar-refractivity contribution in [2.75, 3.05) is 0 Å². The first-order valence-corrected chi connectivity index (χ1v) is 11.2. The summed E-state index contributed by atoms with van der Waals surface area (Å²) in [5, 5.41) is 12.2. The fourth-order valence-corrected chi connectivity index (χ4v) is 4.05. The van der Waals surface area contributed by atoms with E-state index in [-0.39, 0.29) is 6.42 Å². The van der Waals surface area contributed by atoms with Crippen LogP contribution in [0.15, 0.2) is 72.8 Å². The van der Waals surface area contributed by atoms with E-state index in [4.69, 9.17) is 4.74 Å². The number of ether oxygens (including phenoxy) is 1. The zero-order valence-corrected chi connectivity index (χ0v) is 19.1. The summed E-state index contributed by atoms with van der Waals surface area (Å²) in [5.74, 6) is -2.95. The highest BCUT2D eigenvalue weighted by Gasteiger charge is 2.36. The monoisotopic (exact) mass is 432 g/mol. The molecule has 4 heteroatoms. The number of carboxylic acid groups (broad SMARTS) is 1. The third kappa shape index (κ3) is 6.68. The number of esters is 1. The van der Waals surface area contributed by atoms with Gasteiger partial charge in [0.25, 0.3) is 0 Å². The molecule has 0 radical (unpaired) electrons. The van der Waals surface area contributed by atoms with Gasteiger partial charge in [0.05, 0.1) is 11.8 Å². The van der Waals surface area contributed by atoms with Gasteiger partial charge in [-0.15, -0.1) is 0 Å². The minimum atomic E-state index is -0.964. The molecule has 3 aromatic carbocycles. The Hall–Kier alpha value is -3.14. The van der Waals surface area contributed by atoms with E-state index in [1.54, 1.807) is 0 Å². The zero-order valence-electron chi connectivity index (χ0n) is 19.1. The van der Waals surface area contributed by atoms with Crippen LogP contribution in [0, 0.1) is 11.8 Å². The number of carbonyl (C=O) groups excluding carboxylic acids is 1. The lowest BCUT2D eigenvalue weighted by atomic mass is 9.82. The van der Waals surface area contributed by atoms with E-state index in [2.05, 4.69) is 0 Å². The predicted octanol–water partition coefficient (Wildman–Crippen LogP) is 6.06. The summed E-state index contributed by atoms with van der Waals surface area (Å²) >= 11 is 0. The normalized spacial score (nSPS) is 13.5. The van der Waals surface area contributed by atoms with Crippen LogP contribution in [0.5, 0.6) is 0 Å². The molecular weight excluding hydrogens is 400 g/mol. The third-order valence-corrected chi connectivity index (χ3v) is 5.61. The Morgan fingerprint density at radius 3 is 2.16 bits per heavy atom. The smallest absolute Gasteiger partial charge is 0.310 e. The van der Waals surface area contributed by atoms with Crippen LogP contribution in [-0.4, -0.2) is 22.6 Å². The van der Waals surface area contributed by atoms with Crippen LogP contribution in [0.4, 0.5) is 0 Å². The van der Waals surface area contributed by atoms with Crippen molar-refractivity contribution in [1.82, 2.24) is 0 Å². The van der Waals surface area contributed by atoms with E-state index in [0.717, 1.165) is 29.2 Å². The maximum Gasteiger partial charge on any atom is 0.310 e. The van der Waals surface area contributed by atoms with E-state index >= 15 is 0 Å². The highest BCUT2D eigenvalue weighted by Crippen LogP contribution is 2.28. The van der Waals surface area contributed by atoms with Gasteiger partial charge in [0.1, 0.15) is 5.60 Å². The minimum absolute atomic E-state index is 0.287. The second kappa shape index (κ2) is 10.4. The number of aryl methyl sites for hydroxylation is 1. The molecule has 32 heavy (non-hydrogen) atoms. The van der Waals surface area contributed by atoms with Gasteiger partial charge in [-0.05, 0) is 68.4 Å². The Labute approximate surface area is 190 Å². The molecule has 1 unspecified atom stereocenters. The SMILES string of the molecule is CC(C)(C)OC(=O)C(CCCc1ccccc1)[C@@H](Cc1ccc2ccccc2c1)C(=O)O. The number of aliphatic carboxylic acids is 1. The molecule has 3 aromatic rings. The third-order valence-electron chi connectivity index (χ3n) is 5.61. The lowest BCUT2D eigenvalue weighted by molar-refractivity contribution is -0.167. The van der Waals surface area contributed by atoms with Crippen LogP contribution >= 0.6 is 0 Å². The van der Waals surface area contributed by atoms with Crippen LogP contribution in [0.1, 0.15) is 44.7 Å². The quantitative estimate of drug-likeness (QED) is 0.417. The molecule has 0 fully saturated rings. The summed E-state index contributed by atoms with van der Waals surface area (Å²) in [5.41, 5.74) is 1.42. The summed E-state index contributed by atoms with van der Waals surface area (Å²) in [4.78, 5) is 25.4. The minimum Gasteiger partial charge on any atom is -0.481 e. The average Bonchev–Trinajstić information content (AvgIpc) is 2.74. The van der Waals surface area contributed by atoms with Gasteiger partial charge in [0, 0.05) is 0 Å². The molecule has 0 aromatic heterocycles.